The average Bonchev–Trinajstić information content (AvgIpc) is 2.89. The van der Waals surface area contributed by atoms with Gasteiger partial charge in [0.15, 0.2) is 0 Å². The van der Waals surface area contributed by atoms with E-state index in [0.29, 0.717) is 6.42 Å². The molecule has 19 heavy (non-hydrogen) atoms. The Morgan fingerprint density at radius 1 is 1.32 bits per heavy atom. The highest BCUT2D eigenvalue weighted by Gasteiger charge is 2.12. The van der Waals surface area contributed by atoms with Crippen LogP contribution in [0.1, 0.15) is 16.6 Å². The minimum atomic E-state index is -2.82. The molecule has 0 fully saturated rings. The second-order valence-electron chi connectivity index (χ2n) is 3.80. The number of nitrogens with zero attached hydrogens (tertiary/aromatic N) is 1. The van der Waals surface area contributed by atoms with E-state index in [9.17, 15) is 8.78 Å². The van der Waals surface area contributed by atoms with Gasteiger partial charge in [-0.3, -0.25) is 11.3 Å². The highest BCUT2D eigenvalue weighted by molar-refractivity contribution is 7.09. The summed E-state index contributed by atoms with van der Waals surface area (Å²) in [6, 6.07) is 6.28. The number of rotatable bonds is 6. The largest absolute Gasteiger partial charge is 0.435 e. The van der Waals surface area contributed by atoms with Crippen LogP contribution in [0.15, 0.2) is 35.8 Å². The van der Waals surface area contributed by atoms with E-state index in [0.717, 1.165) is 10.6 Å². The summed E-state index contributed by atoms with van der Waals surface area (Å²) in [5.41, 5.74) is 3.58. The van der Waals surface area contributed by atoms with Crippen molar-refractivity contribution in [3.63, 3.8) is 0 Å². The molecule has 1 aromatic heterocycles. The van der Waals surface area contributed by atoms with Crippen LogP contribution in [0.4, 0.5) is 8.78 Å². The molecule has 1 aromatic carbocycles. The highest BCUT2D eigenvalue weighted by Crippen LogP contribution is 2.22. The van der Waals surface area contributed by atoms with Gasteiger partial charge in [0.2, 0.25) is 0 Å². The molecule has 0 radical (unpaired) electrons. The number of thiazole rings is 1. The van der Waals surface area contributed by atoms with Gasteiger partial charge in [-0.25, -0.2) is 4.98 Å². The molecule has 3 N–H and O–H groups in total. The molecule has 2 aromatic rings. The molecule has 1 heterocycles. The van der Waals surface area contributed by atoms with E-state index in [2.05, 4.69) is 15.1 Å². The fourth-order valence-electron chi connectivity index (χ4n) is 1.68. The first-order chi connectivity index (χ1) is 9.19. The number of nitrogens with two attached hydrogens (primary N) is 1. The Morgan fingerprint density at radius 2 is 2.05 bits per heavy atom. The second kappa shape index (κ2) is 6.55. The molecule has 7 heteroatoms. The zero-order valence-corrected chi connectivity index (χ0v) is 10.7. The van der Waals surface area contributed by atoms with Crippen molar-refractivity contribution >= 4 is 11.3 Å². The summed E-state index contributed by atoms with van der Waals surface area (Å²) in [4.78, 5) is 4.19. The molecule has 0 aliphatic rings. The van der Waals surface area contributed by atoms with Crippen LogP contribution in [-0.4, -0.2) is 11.6 Å². The minimum Gasteiger partial charge on any atom is -0.435 e. The van der Waals surface area contributed by atoms with Crippen LogP contribution in [0, 0.1) is 0 Å². The number of halogens is 2. The number of ether oxygens (including phenoxy) is 1. The van der Waals surface area contributed by atoms with Crippen molar-refractivity contribution in [2.45, 2.75) is 19.1 Å². The smallest absolute Gasteiger partial charge is 0.387 e. The Labute approximate surface area is 113 Å². The van der Waals surface area contributed by atoms with Crippen molar-refractivity contribution in [1.29, 1.82) is 0 Å². The molecule has 2 rings (SSSR count). The van der Waals surface area contributed by atoms with Crippen LogP contribution >= 0.6 is 11.3 Å². The monoisotopic (exact) mass is 285 g/mol. The van der Waals surface area contributed by atoms with E-state index in [1.807, 2.05) is 5.38 Å². The summed E-state index contributed by atoms with van der Waals surface area (Å²) in [5, 5.41) is 2.85. The van der Waals surface area contributed by atoms with Crippen LogP contribution in [0.5, 0.6) is 5.75 Å². The molecule has 0 aliphatic heterocycles. The number of hydrogen-bond acceptors (Lipinski definition) is 5. The van der Waals surface area contributed by atoms with Gasteiger partial charge in [-0.15, -0.1) is 11.3 Å². The van der Waals surface area contributed by atoms with Crippen molar-refractivity contribution in [1.82, 2.24) is 10.4 Å². The van der Waals surface area contributed by atoms with Gasteiger partial charge in [0.05, 0.1) is 11.0 Å². The molecule has 4 nitrogen and oxygen atoms in total. The van der Waals surface area contributed by atoms with Crippen molar-refractivity contribution in [2.24, 2.45) is 5.84 Å². The zero-order valence-electron chi connectivity index (χ0n) is 9.92. The predicted octanol–water partition coefficient (Wildman–Crippen LogP) is 2.49. The number of hydrazine groups is 1. The fourth-order valence-corrected chi connectivity index (χ4v) is 2.35. The molecule has 0 aliphatic carbocycles. The van der Waals surface area contributed by atoms with Crippen LogP contribution in [-0.2, 0) is 6.42 Å². The Bertz CT molecular complexity index is 490. The van der Waals surface area contributed by atoms with E-state index in [-0.39, 0.29) is 11.8 Å². The summed E-state index contributed by atoms with van der Waals surface area (Å²) < 4.78 is 28.4. The van der Waals surface area contributed by atoms with Gasteiger partial charge < -0.3 is 4.74 Å². The van der Waals surface area contributed by atoms with E-state index in [4.69, 9.17) is 5.84 Å². The number of alkyl halides is 2. The van der Waals surface area contributed by atoms with Crippen LogP contribution in [0.25, 0.3) is 0 Å². The lowest BCUT2D eigenvalue weighted by Crippen LogP contribution is -2.29. The minimum absolute atomic E-state index is 0.119. The molecule has 0 saturated heterocycles. The standard InChI is InChI=1S/C12H13F2N3OS/c13-12(14)18-9-3-1-8(2-4-9)10(17-15)7-11-16-5-6-19-11/h1-6,10,12,17H,7,15H2. The molecule has 1 unspecified atom stereocenters. The van der Waals surface area contributed by atoms with Crippen LogP contribution < -0.4 is 16.0 Å². The molecular formula is C12H13F2N3OS. The summed E-state index contributed by atoms with van der Waals surface area (Å²) >= 11 is 1.54. The van der Waals surface area contributed by atoms with Gasteiger partial charge in [-0.05, 0) is 17.7 Å². The second-order valence-corrected chi connectivity index (χ2v) is 4.78. The fraction of sp³-hybridized carbons (Fsp3) is 0.250. The molecule has 0 spiro atoms. The third-order valence-corrected chi connectivity index (χ3v) is 3.37. The van der Waals surface area contributed by atoms with E-state index >= 15 is 0 Å². The van der Waals surface area contributed by atoms with E-state index < -0.39 is 6.61 Å². The van der Waals surface area contributed by atoms with E-state index in [1.165, 1.54) is 12.1 Å². The van der Waals surface area contributed by atoms with E-state index in [1.54, 1.807) is 29.7 Å². The Hall–Kier alpha value is -1.57. The predicted molar refractivity (Wildman–Crippen MR) is 69.0 cm³/mol. The summed E-state index contributed by atoms with van der Waals surface area (Å²) in [5.74, 6) is 5.64. The normalized spacial score (nSPS) is 12.6. The van der Waals surface area contributed by atoms with Gasteiger partial charge >= 0.3 is 6.61 Å². The zero-order chi connectivity index (χ0) is 13.7. The first-order valence-corrected chi connectivity index (χ1v) is 6.46. The highest BCUT2D eigenvalue weighted by atomic mass is 32.1. The van der Waals surface area contributed by atoms with Crippen molar-refractivity contribution in [2.75, 3.05) is 0 Å². The summed E-state index contributed by atoms with van der Waals surface area (Å²) in [6.07, 6.45) is 2.37. The lowest BCUT2D eigenvalue weighted by atomic mass is 10.0. The van der Waals surface area contributed by atoms with Gasteiger partial charge in [0.25, 0.3) is 0 Å². The maximum Gasteiger partial charge on any atom is 0.387 e. The number of aromatic nitrogens is 1. The Kier molecular flexibility index (Phi) is 4.78. The lowest BCUT2D eigenvalue weighted by molar-refractivity contribution is -0.0498. The summed E-state index contributed by atoms with van der Waals surface area (Å²) in [6.45, 7) is -2.82. The van der Waals surface area contributed by atoms with Crippen LogP contribution in [0.2, 0.25) is 0 Å². The quantitative estimate of drug-likeness (QED) is 0.632. The Balaban J connectivity index is 2.06. The van der Waals surface area contributed by atoms with Gasteiger partial charge in [-0.2, -0.15) is 8.78 Å². The van der Waals surface area contributed by atoms with Crippen LogP contribution in [0.3, 0.4) is 0 Å². The maximum absolute atomic E-state index is 12.0. The third-order valence-electron chi connectivity index (χ3n) is 2.57. The lowest BCUT2D eigenvalue weighted by Gasteiger charge is -2.15. The number of nitrogens with one attached hydrogen (secondary N) is 1. The first kappa shape index (κ1) is 13.9. The molecule has 0 amide bonds. The third kappa shape index (κ3) is 3.95. The SMILES string of the molecule is NNC(Cc1nccs1)c1ccc(OC(F)F)cc1. The van der Waals surface area contributed by atoms with Gasteiger partial charge in [-0.1, -0.05) is 12.1 Å². The van der Waals surface area contributed by atoms with Crippen molar-refractivity contribution < 1.29 is 13.5 Å². The molecule has 0 saturated carbocycles. The topological polar surface area (TPSA) is 60.2 Å². The number of benzene rings is 1. The van der Waals surface area contributed by atoms with Gasteiger partial charge in [0, 0.05) is 18.0 Å². The van der Waals surface area contributed by atoms with Gasteiger partial charge in [0.1, 0.15) is 5.75 Å². The first-order valence-electron chi connectivity index (χ1n) is 5.58. The molecular weight excluding hydrogens is 272 g/mol. The summed E-state index contributed by atoms with van der Waals surface area (Å²) in [7, 11) is 0. The maximum atomic E-state index is 12.0. The van der Waals surface area contributed by atoms with Crippen molar-refractivity contribution in [3.8, 4) is 5.75 Å². The molecule has 0 bridgehead atoms. The molecule has 102 valence electrons. The average molecular weight is 285 g/mol. The van der Waals surface area contributed by atoms with Crippen molar-refractivity contribution in [3.05, 3.63) is 46.4 Å². The number of hydrogen-bond donors (Lipinski definition) is 2. The Morgan fingerprint density at radius 3 is 2.58 bits per heavy atom. The molecule has 1 atom stereocenters.